The van der Waals surface area contributed by atoms with Gasteiger partial charge in [0.15, 0.2) is 0 Å². The van der Waals surface area contributed by atoms with Crippen molar-refractivity contribution in [2.75, 3.05) is 6.61 Å². The second-order valence-electron chi connectivity index (χ2n) is 7.37. The lowest BCUT2D eigenvalue weighted by atomic mass is 9.95. The summed E-state index contributed by atoms with van der Waals surface area (Å²) in [6.07, 6.45) is 1.40. The van der Waals surface area contributed by atoms with E-state index in [0.717, 1.165) is 28.8 Å². The van der Waals surface area contributed by atoms with E-state index in [1.807, 2.05) is 20.8 Å². The lowest BCUT2D eigenvalue weighted by molar-refractivity contribution is 0.0490. The number of amides is 1. The van der Waals surface area contributed by atoms with Crippen LogP contribution in [0.1, 0.15) is 45.7 Å². The predicted octanol–water partition coefficient (Wildman–Crippen LogP) is 4.32. The Kier molecular flexibility index (Phi) is 5.81. The number of rotatable bonds is 4. The molecule has 1 aliphatic rings. The maximum Gasteiger partial charge on any atom is 0.407 e. The highest BCUT2D eigenvalue weighted by Gasteiger charge is 2.23. The number of alkyl carbamates (subject to hydrolysis) is 1. The summed E-state index contributed by atoms with van der Waals surface area (Å²) in [4.78, 5) is 12.1. The maximum absolute atomic E-state index is 12.1. The van der Waals surface area contributed by atoms with Crippen LogP contribution in [0.4, 0.5) is 4.79 Å². The number of ether oxygens (including phenoxy) is 2. The minimum atomic E-state index is -0.480. The van der Waals surface area contributed by atoms with Gasteiger partial charge in [-0.2, -0.15) is 0 Å². The van der Waals surface area contributed by atoms with Crippen molar-refractivity contribution in [2.24, 2.45) is 5.92 Å². The van der Waals surface area contributed by atoms with Crippen LogP contribution in [0.2, 0.25) is 0 Å². The molecule has 128 valence electrons. The van der Waals surface area contributed by atoms with Crippen molar-refractivity contribution in [1.29, 1.82) is 0 Å². The summed E-state index contributed by atoms with van der Waals surface area (Å²) >= 11 is 2.32. The second kappa shape index (κ2) is 7.28. The molecule has 0 spiro atoms. The van der Waals surface area contributed by atoms with Crippen LogP contribution in [0, 0.1) is 9.49 Å². The van der Waals surface area contributed by atoms with Crippen LogP contribution in [0.3, 0.4) is 0 Å². The van der Waals surface area contributed by atoms with Gasteiger partial charge in [-0.15, -0.1) is 0 Å². The molecule has 2 rings (SSSR count). The van der Waals surface area contributed by atoms with E-state index in [-0.39, 0.29) is 12.1 Å². The lowest BCUT2D eigenvalue weighted by Crippen LogP contribution is -2.43. The van der Waals surface area contributed by atoms with Gasteiger partial charge in [-0.05, 0) is 72.9 Å². The third kappa shape index (κ3) is 5.26. The molecule has 1 aromatic rings. The number of fused-ring (bicyclic) bond motifs is 1. The molecule has 0 aromatic heterocycles. The first-order valence-corrected chi connectivity index (χ1v) is 9.17. The molecular weight excluding hydrogens is 405 g/mol. The van der Waals surface area contributed by atoms with Crippen molar-refractivity contribution in [3.05, 3.63) is 26.8 Å². The molecule has 0 fully saturated rings. The van der Waals surface area contributed by atoms with E-state index in [2.05, 4.69) is 53.9 Å². The summed E-state index contributed by atoms with van der Waals surface area (Å²) < 4.78 is 12.2. The highest BCUT2D eigenvalue weighted by molar-refractivity contribution is 14.1. The Hall–Kier alpha value is -0.980. The van der Waals surface area contributed by atoms with E-state index in [1.54, 1.807) is 0 Å². The fourth-order valence-corrected chi connectivity index (χ4v) is 3.51. The molecule has 0 saturated heterocycles. The summed E-state index contributed by atoms with van der Waals surface area (Å²) in [6, 6.07) is 4.40. The van der Waals surface area contributed by atoms with Crippen LogP contribution >= 0.6 is 22.6 Å². The van der Waals surface area contributed by atoms with Crippen LogP contribution in [0.15, 0.2) is 12.1 Å². The Labute approximate surface area is 152 Å². The highest BCUT2D eigenvalue weighted by Crippen LogP contribution is 2.32. The van der Waals surface area contributed by atoms with Crippen LogP contribution < -0.4 is 10.1 Å². The number of hydrogen-bond acceptors (Lipinski definition) is 3. The third-order valence-corrected chi connectivity index (χ3v) is 4.56. The van der Waals surface area contributed by atoms with Gasteiger partial charge < -0.3 is 14.8 Å². The zero-order valence-electron chi connectivity index (χ0n) is 14.5. The molecule has 23 heavy (non-hydrogen) atoms. The Bertz CT molecular complexity index is 578. The van der Waals surface area contributed by atoms with Gasteiger partial charge in [0.1, 0.15) is 11.4 Å². The molecule has 1 unspecified atom stereocenters. The van der Waals surface area contributed by atoms with Crippen molar-refractivity contribution < 1.29 is 14.3 Å². The second-order valence-corrected chi connectivity index (χ2v) is 8.53. The molecular formula is C18H26INO3. The van der Waals surface area contributed by atoms with Gasteiger partial charge in [0.05, 0.1) is 10.2 Å². The summed E-state index contributed by atoms with van der Waals surface area (Å²) in [6.45, 7) is 10.6. The zero-order chi connectivity index (χ0) is 17.2. The number of carbonyl (C=O) groups is 1. The van der Waals surface area contributed by atoms with E-state index < -0.39 is 5.60 Å². The third-order valence-electron chi connectivity index (χ3n) is 3.76. The van der Waals surface area contributed by atoms with Crippen LogP contribution in [-0.4, -0.2) is 24.3 Å². The summed E-state index contributed by atoms with van der Waals surface area (Å²) in [5.41, 5.74) is 2.02. The monoisotopic (exact) mass is 431 g/mol. The number of carbonyl (C=O) groups excluding carboxylic acids is 1. The predicted molar refractivity (Wildman–Crippen MR) is 100 cm³/mol. The largest absolute Gasteiger partial charge is 0.492 e. The molecule has 0 aliphatic carbocycles. The number of nitrogens with one attached hydrogen (secondary N) is 1. The quantitative estimate of drug-likeness (QED) is 0.723. The van der Waals surface area contributed by atoms with Crippen molar-refractivity contribution in [1.82, 2.24) is 5.32 Å². The SMILES string of the molecule is CC(C)C(Cc1cc(I)c2c(c1)CCO2)NC(=O)OC(C)(C)C. The average molecular weight is 431 g/mol. The van der Waals surface area contributed by atoms with E-state index in [9.17, 15) is 4.79 Å². The van der Waals surface area contributed by atoms with Crippen LogP contribution in [0.5, 0.6) is 5.75 Å². The number of hydrogen-bond donors (Lipinski definition) is 1. The molecule has 1 amide bonds. The van der Waals surface area contributed by atoms with Gasteiger partial charge in [-0.25, -0.2) is 4.79 Å². The van der Waals surface area contributed by atoms with E-state index in [4.69, 9.17) is 9.47 Å². The minimum absolute atomic E-state index is 0.0426. The molecule has 1 aromatic carbocycles. The van der Waals surface area contributed by atoms with Gasteiger partial charge in [0, 0.05) is 12.5 Å². The lowest BCUT2D eigenvalue weighted by Gasteiger charge is -2.26. The van der Waals surface area contributed by atoms with E-state index in [1.165, 1.54) is 11.1 Å². The van der Waals surface area contributed by atoms with E-state index in [0.29, 0.717) is 5.92 Å². The first kappa shape index (κ1) is 18.4. The van der Waals surface area contributed by atoms with Gasteiger partial charge in [-0.1, -0.05) is 19.9 Å². The smallest absolute Gasteiger partial charge is 0.407 e. The molecule has 1 heterocycles. The van der Waals surface area contributed by atoms with Crippen molar-refractivity contribution >= 4 is 28.7 Å². The Morgan fingerprint density at radius 2 is 2.09 bits per heavy atom. The van der Waals surface area contributed by atoms with Crippen molar-refractivity contribution in [3.63, 3.8) is 0 Å². The Morgan fingerprint density at radius 1 is 1.39 bits per heavy atom. The topological polar surface area (TPSA) is 47.6 Å². The molecule has 1 atom stereocenters. The fraction of sp³-hybridized carbons (Fsp3) is 0.611. The van der Waals surface area contributed by atoms with Gasteiger partial charge in [0.2, 0.25) is 0 Å². The zero-order valence-corrected chi connectivity index (χ0v) is 16.7. The first-order chi connectivity index (χ1) is 10.7. The van der Waals surface area contributed by atoms with Crippen molar-refractivity contribution in [2.45, 2.75) is 59.1 Å². The average Bonchev–Trinajstić information content (AvgIpc) is 2.84. The Balaban J connectivity index is 2.08. The maximum atomic E-state index is 12.1. The molecule has 1 aliphatic heterocycles. The molecule has 4 nitrogen and oxygen atoms in total. The molecule has 0 saturated carbocycles. The number of benzene rings is 1. The summed E-state index contributed by atoms with van der Waals surface area (Å²) in [5, 5.41) is 3.01. The fourth-order valence-electron chi connectivity index (χ4n) is 2.61. The van der Waals surface area contributed by atoms with Crippen LogP contribution in [-0.2, 0) is 17.6 Å². The standard InChI is InChI=1S/C18H26INO3/c1-11(2)15(20-17(21)23-18(3,4)5)10-12-8-13-6-7-22-16(13)14(19)9-12/h8-9,11,15H,6-7,10H2,1-5H3,(H,20,21). The Morgan fingerprint density at radius 3 is 2.70 bits per heavy atom. The normalized spacial score (nSPS) is 15.1. The summed E-state index contributed by atoms with van der Waals surface area (Å²) in [5.74, 6) is 1.35. The first-order valence-electron chi connectivity index (χ1n) is 8.09. The van der Waals surface area contributed by atoms with Gasteiger partial charge in [-0.3, -0.25) is 0 Å². The molecule has 0 bridgehead atoms. The van der Waals surface area contributed by atoms with Gasteiger partial charge >= 0.3 is 6.09 Å². The minimum Gasteiger partial charge on any atom is -0.492 e. The van der Waals surface area contributed by atoms with Gasteiger partial charge in [0.25, 0.3) is 0 Å². The molecule has 0 radical (unpaired) electrons. The van der Waals surface area contributed by atoms with Crippen molar-refractivity contribution in [3.8, 4) is 5.75 Å². The van der Waals surface area contributed by atoms with E-state index >= 15 is 0 Å². The summed E-state index contributed by atoms with van der Waals surface area (Å²) in [7, 11) is 0. The molecule has 5 heteroatoms. The molecule has 1 N–H and O–H groups in total. The van der Waals surface area contributed by atoms with Crippen LogP contribution in [0.25, 0.3) is 0 Å². The number of halogens is 1. The highest BCUT2D eigenvalue weighted by atomic mass is 127.